The van der Waals surface area contributed by atoms with Crippen LogP contribution in [-0.4, -0.2) is 11.8 Å². The molecule has 0 aliphatic heterocycles. The van der Waals surface area contributed by atoms with Gasteiger partial charge in [0.1, 0.15) is 5.00 Å². The van der Waals surface area contributed by atoms with Gasteiger partial charge in [-0.2, -0.15) is 0 Å². The molecule has 0 bridgehead atoms. The molecule has 7 heteroatoms. The maximum Gasteiger partial charge on any atom is 0.258 e. The molecule has 2 amide bonds. The van der Waals surface area contributed by atoms with Crippen molar-refractivity contribution in [2.45, 2.75) is 40.0 Å². The van der Waals surface area contributed by atoms with Crippen molar-refractivity contribution < 1.29 is 9.59 Å². The van der Waals surface area contributed by atoms with Crippen molar-refractivity contribution in [3.8, 4) is 0 Å². The molecule has 0 unspecified atom stereocenters. The van der Waals surface area contributed by atoms with Gasteiger partial charge >= 0.3 is 0 Å². The fourth-order valence-electron chi connectivity index (χ4n) is 4.19. The summed E-state index contributed by atoms with van der Waals surface area (Å²) in [6, 6.07) is 13.8. The minimum absolute atomic E-state index is 0.178. The van der Waals surface area contributed by atoms with Gasteiger partial charge < -0.3 is 10.6 Å². The van der Waals surface area contributed by atoms with Gasteiger partial charge in [-0.1, -0.05) is 50.0 Å². The lowest BCUT2D eigenvalue weighted by molar-refractivity contribution is 0.102. The Morgan fingerprint density at radius 2 is 1.70 bits per heavy atom. The Kier molecular flexibility index (Phi) is 6.85. The standard InChI is InChI=1S/C26H26Cl2N2O2S/c1-26(2,3)16-7-12-20-21(14-16)33-25(30-23(31)15-5-4-6-18(28)13-15)22(20)24(32)29-19-10-8-17(27)9-11-19/h4-6,8-11,13,16H,7,12,14H2,1-3H3,(H,29,32)(H,30,31)/t16-/m0/s1. The first-order valence-electron chi connectivity index (χ1n) is 10.9. The molecule has 1 heterocycles. The van der Waals surface area contributed by atoms with E-state index in [-0.39, 0.29) is 17.2 Å². The number of nitrogens with one attached hydrogen (secondary N) is 2. The summed E-state index contributed by atoms with van der Waals surface area (Å²) in [6.45, 7) is 6.77. The molecule has 0 fully saturated rings. The molecule has 1 aliphatic rings. The summed E-state index contributed by atoms with van der Waals surface area (Å²) >= 11 is 13.5. The van der Waals surface area contributed by atoms with Crippen molar-refractivity contribution in [3.05, 3.63) is 80.1 Å². The van der Waals surface area contributed by atoms with Gasteiger partial charge in [0.05, 0.1) is 5.56 Å². The highest BCUT2D eigenvalue weighted by Crippen LogP contribution is 2.44. The van der Waals surface area contributed by atoms with Gasteiger partial charge in [0.15, 0.2) is 0 Å². The van der Waals surface area contributed by atoms with E-state index in [9.17, 15) is 9.59 Å². The predicted octanol–water partition coefficient (Wildman–Crippen LogP) is 7.71. The van der Waals surface area contributed by atoms with Crippen molar-refractivity contribution in [2.24, 2.45) is 11.3 Å². The zero-order valence-corrected chi connectivity index (χ0v) is 21.1. The van der Waals surface area contributed by atoms with Crippen LogP contribution in [0.1, 0.15) is 58.3 Å². The van der Waals surface area contributed by atoms with Gasteiger partial charge in [0.2, 0.25) is 0 Å². The van der Waals surface area contributed by atoms with Crippen LogP contribution >= 0.6 is 34.5 Å². The topological polar surface area (TPSA) is 58.2 Å². The van der Waals surface area contributed by atoms with Crippen molar-refractivity contribution in [1.82, 2.24) is 0 Å². The fourth-order valence-corrected chi connectivity index (χ4v) is 5.82. The number of fused-ring (bicyclic) bond motifs is 1. The molecule has 1 aliphatic carbocycles. The lowest BCUT2D eigenvalue weighted by atomic mass is 9.72. The van der Waals surface area contributed by atoms with Crippen LogP contribution in [-0.2, 0) is 12.8 Å². The third kappa shape index (κ3) is 5.43. The zero-order valence-electron chi connectivity index (χ0n) is 18.8. The number of carbonyl (C=O) groups excluding carboxylic acids is 2. The summed E-state index contributed by atoms with van der Waals surface area (Å²) in [6.07, 6.45) is 2.72. The minimum atomic E-state index is -0.288. The first-order valence-corrected chi connectivity index (χ1v) is 12.5. The summed E-state index contributed by atoms with van der Waals surface area (Å²) in [5.74, 6) is 0.00162. The van der Waals surface area contributed by atoms with E-state index in [1.165, 1.54) is 16.2 Å². The summed E-state index contributed by atoms with van der Waals surface area (Å²) in [4.78, 5) is 27.5. The summed E-state index contributed by atoms with van der Waals surface area (Å²) in [7, 11) is 0. The van der Waals surface area contributed by atoms with Crippen LogP contribution in [0.15, 0.2) is 48.5 Å². The lowest BCUT2D eigenvalue weighted by Gasteiger charge is -2.33. The number of benzene rings is 2. The molecular weight excluding hydrogens is 475 g/mol. The SMILES string of the molecule is CC(C)(C)[C@H]1CCc2c(sc(NC(=O)c3cccc(Cl)c3)c2C(=O)Nc2ccc(Cl)cc2)C1. The van der Waals surface area contributed by atoms with E-state index in [2.05, 4.69) is 31.4 Å². The molecule has 0 radical (unpaired) electrons. The molecule has 4 nitrogen and oxygen atoms in total. The highest BCUT2D eigenvalue weighted by molar-refractivity contribution is 7.17. The molecule has 3 aromatic rings. The maximum absolute atomic E-state index is 13.4. The molecule has 2 aromatic carbocycles. The van der Waals surface area contributed by atoms with E-state index >= 15 is 0 Å². The molecule has 0 saturated carbocycles. The largest absolute Gasteiger partial charge is 0.322 e. The first kappa shape index (κ1) is 23.8. The molecule has 172 valence electrons. The molecule has 4 rings (SSSR count). The Morgan fingerprint density at radius 1 is 0.970 bits per heavy atom. The number of hydrogen-bond acceptors (Lipinski definition) is 3. The van der Waals surface area contributed by atoms with Gasteiger partial charge in [0.25, 0.3) is 11.8 Å². The molecular formula is C26H26Cl2N2O2S. The van der Waals surface area contributed by atoms with E-state index in [0.717, 1.165) is 24.8 Å². The first-order chi connectivity index (χ1) is 15.6. The van der Waals surface area contributed by atoms with Crippen molar-refractivity contribution >= 4 is 57.0 Å². The third-order valence-corrected chi connectivity index (χ3v) is 7.79. The highest BCUT2D eigenvalue weighted by Gasteiger charge is 2.34. The second-order valence-corrected chi connectivity index (χ2v) is 11.4. The lowest BCUT2D eigenvalue weighted by Crippen LogP contribution is -2.27. The average molecular weight is 501 g/mol. The van der Waals surface area contributed by atoms with Gasteiger partial charge in [0, 0.05) is 26.2 Å². The second-order valence-electron chi connectivity index (χ2n) is 9.44. The zero-order chi connectivity index (χ0) is 23.8. The molecule has 0 saturated heterocycles. The molecule has 1 aromatic heterocycles. The minimum Gasteiger partial charge on any atom is -0.322 e. The Labute approximate surface area is 208 Å². The molecule has 1 atom stereocenters. The van der Waals surface area contributed by atoms with E-state index in [1.54, 1.807) is 48.5 Å². The quantitative estimate of drug-likeness (QED) is 0.385. The number of thiophene rings is 1. The number of carbonyl (C=O) groups is 2. The van der Waals surface area contributed by atoms with Crippen molar-refractivity contribution in [3.63, 3.8) is 0 Å². The Bertz CT molecular complexity index is 1200. The summed E-state index contributed by atoms with van der Waals surface area (Å²) < 4.78 is 0. The van der Waals surface area contributed by atoms with Crippen molar-refractivity contribution in [2.75, 3.05) is 10.6 Å². The number of anilines is 2. The monoisotopic (exact) mass is 500 g/mol. The Hall–Kier alpha value is -2.34. The van der Waals surface area contributed by atoms with Gasteiger partial charge in [-0.05, 0) is 78.6 Å². The van der Waals surface area contributed by atoms with Crippen LogP contribution in [0.25, 0.3) is 0 Å². The van der Waals surface area contributed by atoms with Crippen LogP contribution in [0.4, 0.5) is 10.7 Å². The van der Waals surface area contributed by atoms with Crippen LogP contribution < -0.4 is 10.6 Å². The number of amides is 2. The van der Waals surface area contributed by atoms with E-state index < -0.39 is 0 Å². The maximum atomic E-state index is 13.4. The predicted molar refractivity (Wildman–Crippen MR) is 138 cm³/mol. The van der Waals surface area contributed by atoms with Crippen LogP contribution in [0.3, 0.4) is 0 Å². The van der Waals surface area contributed by atoms with Crippen LogP contribution in [0.5, 0.6) is 0 Å². The van der Waals surface area contributed by atoms with Gasteiger partial charge in [-0.25, -0.2) is 0 Å². The smallest absolute Gasteiger partial charge is 0.258 e. The highest BCUT2D eigenvalue weighted by atomic mass is 35.5. The Balaban J connectivity index is 1.68. The average Bonchev–Trinajstić information content (AvgIpc) is 3.11. The van der Waals surface area contributed by atoms with E-state index in [4.69, 9.17) is 23.2 Å². The van der Waals surface area contributed by atoms with Gasteiger partial charge in [-0.3, -0.25) is 9.59 Å². The summed E-state index contributed by atoms with van der Waals surface area (Å²) in [5.41, 5.74) is 2.86. The van der Waals surface area contributed by atoms with Gasteiger partial charge in [-0.15, -0.1) is 11.3 Å². The number of rotatable bonds is 4. The van der Waals surface area contributed by atoms with E-state index in [1.807, 2.05) is 0 Å². The van der Waals surface area contributed by atoms with Crippen LogP contribution in [0, 0.1) is 11.3 Å². The van der Waals surface area contributed by atoms with E-state index in [0.29, 0.717) is 37.8 Å². The number of hydrogen-bond donors (Lipinski definition) is 2. The van der Waals surface area contributed by atoms with Crippen LogP contribution in [0.2, 0.25) is 10.0 Å². The van der Waals surface area contributed by atoms with Crippen molar-refractivity contribution in [1.29, 1.82) is 0 Å². The normalized spacial score (nSPS) is 15.6. The summed E-state index contributed by atoms with van der Waals surface area (Å²) in [5, 5.41) is 7.61. The molecule has 0 spiro atoms. The number of halogens is 2. The second kappa shape index (κ2) is 9.49. The Morgan fingerprint density at radius 3 is 2.36 bits per heavy atom. The fraction of sp³-hybridized carbons (Fsp3) is 0.308. The molecule has 33 heavy (non-hydrogen) atoms. The third-order valence-electron chi connectivity index (χ3n) is 6.13. The molecule has 2 N–H and O–H groups in total.